The van der Waals surface area contributed by atoms with Crippen LogP contribution in [0.25, 0.3) is 0 Å². The molecule has 1 atom stereocenters. The quantitative estimate of drug-likeness (QED) is 0.454. The predicted molar refractivity (Wildman–Crippen MR) is 83.3 cm³/mol. The van der Waals surface area contributed by atoms with E-state index in [9.17, 15) is 9.59 Å². The largest absolute Gasteiger partial charge is 0.379 e. The Bertz CT molecular complexity index is 561. The molecule has 0 aromatic heterocycles. The number of nitriles is 1. The van der Waals surface area contributed by atoms with Crippen LogP contribution in [-0.4, -0.2) is 30.9 Å². The number of ketones is 1. The molecule has 0 saturated heterocycles. The molecule has 5 heteroatoms. The average Bonchev–Trinajstić information content (AvgIpc) is 2.47. The predicted octanol–water partition coefficient (Wildman–Crippen LogP) is 2.25. The lowest BCUT2D eigenvalue weighted by molar-refractivity contribution is -0.122. The molecule has 22 heavy (non-hydrogen) atoms. The number of aryl methyl sites for hydroxylation is 1. The van der Waals surface area contributed by atoms with Crippen molar-refractivity contribution in [3.63, 3.8) is 0 Å². The fourth-order valence-electron chi connectivity index (χ4n) is 1.91. The van der Waals surface area contributed by atoms with Crippen molar-refractivity contribution in [3.8, 4) is 6.07 Å². The summed E-state index contributed by atoms with van der Waals surface area (Å²) >= 11 is 0. The molecule has 1 aromatic carbocycles. The minimum Gasteiger partial charge on any atom is -0.379 e. The monoisotopic (exact) mass is 302 g/mol. The molecule has 0 saturated carbocycles. The maximum Gasteiger partial charge on any atom is 0.245 e. The van der Waals surface area contributed by atoms with Crippen molar-refractivity contribution in [2.45, 2.75) is 33.3 Å². The molecule has 1 amide bonds. The van der Waals surface area contributed by atoms with Gasteiger partial charge in [-0.2, -0.15) is 5.26 Å². The van der Waals surface area contributed by atoms with Crippen molar-refractivity contribution in [2.75, 3.05) is 13.2 Å². The second-order valence-corrected chi connectivity index (χ2v) is 5.36. The lowest BCUT2D eigenvalue weighted by atomic mass is 9.97. The van der Waals surface area contributed by atoms with Gasteiger partial charge in [0.25, 0.3) is 0 Å². The lowest BCUT2D eigenvalue weighted by Crippen LogP contribution is -2.35. The number of Topliss-reactive ketones (excluding diaryl/α,β-unsaturated/α-hetero) is 1. The van der Waals surface area contributed by atoms with Gasteiger partial charge in [-0.15, -0.1) is 0 Å². The molecular weight excluding hydrogens is 280 g/mol. The van der Waals surface area contributed by atoms with Crippen LogP contribution in [-0.2, 0) is 9.53 Å². The highest BCUT2D eigenvalue weighted by atomic mass is 16.5. The maximum atomic E-state index is 12.2. The third-order valence-corrected chi connectivity index (χ3v) is 3.03. The third-order valence-electron chi connectivity index (χ3n) is 3.03. The molecule has 0 radical (unpaired) electrons. The normalized spacial score (nSPS) is 11.8. The Morgan fingerprint density at radius 3 is 2.68 bits per heavy atom. The highest BCUT2D eigenvalue weighted by Gasteiger charge is 2.27. The SMILES string of the molecule is Cc1cccc(C(=O)C(C#N)C(=O)NCCCOC(C)C)c1. The van der Waals surface area contributed by atoms with E-state index in [0.29, 0.717) is 25.1 Å². The first-order chi connectivity index (χ1) is 10.5. The van der Waals surface area contributed by atoms with Crippen LogP contribution in [0, 0.1) is 24.2 Å². The summed E-state index contributed by atoms with van der Waals surface area (Å²) in [5.41, 5.74) is 1.29. The second-order valence-electron chi connectivity index (χ2n) is 5.36. The van der Waals surface area contributed by atoms with Crippen LogP contribution in [0.4, 0.5) is 0 Å². The van der Waals surface area contributed by atoms with Crippen molar-refractivity contribution in [1.29, 1.82) is 5.26 Å². The Balaban J connectivity index is 2.54. The number of hydrogen-bond acceptors (Lipinski definition) is 4. The van der Waals surface area contributed by atoms with Crippen molar-refractivity contribution >= 4 is 11.7 Å². The number of nitrogens with one attached hydrogen (secondary N) is 1. The Morgan fingerprint density at radius 1 is 1.36 bits per heavy atom. The van der Waals surface area contributed by atoms with E-state index < -0.39 is 17.6 Å². The van der Waals surface area contributed by atoms with Gasteiger partial charge in [-0.1, -0.05) is 23.8 Å². The first-order valence-electron chi connectivity index (χ1n) is 7.35. The van der Waals surface area contributed by atoms with Crippen molar-refractivity contribution in [1.82, 2.24) is 5.32 Å². The Hall–Kier alpha value is -2.19. The number of hydrogen-bond donors (Lipinski definition) is 1. The summed E-state index contributed by atoms with van der Waals surface area (Å²) in [5.74, 6) is -2.34. The summed E-state index contributed by atoms with van der Waals surface area (Å²) in [5, 5.41) is 11.7. The summed E-state index contributed by atoms with van der Waals surface area (Å²) in [6, 6.07) is 8.67. The zero-order valence-corrected chi connectivity index (χ0v) is 13.3. The van der Waals surface area contributed by atoms with E-state index in [4.69, 9.17) is 10.00 Å². The zero-order chi connectivity index (χ0) is 16.5. The van der Waals surface area contributed by atoms with Crippen LogP contribution in [0.15, 0.2) is 24.3 Å². The molecule has 0 aliphatic heterocycles. The molecule has 0 heterocycles. The smallest absolute Gasteiger partial charge is 0.245 e. The number of nitrogens with zero attached hydrogens (tertiary/aromatic N) is 1. The van der Waals surface area contributed by atoms with E-state index in [1.807, 2.05) is 26.8 Å². The molecular formula is C17H22N2O3. The minimum absolute atomic E-state index is 0.144. The molecule has 0 fully saturated rings. The highest BCUT2D eigenvalue weighted by Crippen LogP contribution is 2.11. The standard InChI is InChI=1S/C17H22N2O3/c1-12(2)22-9-5-8-19-17(21)15(11-18)16(20)14-7-4-6-13(3)10-14/h4,6-7,10,12,15H,5,8-9H2,1-3H3,(H,19,21). The maximum absolute atomic E-state index is 12.2. The van der Waals surface area contributed by atoms with Gasteiger partial charge in [0.05, 0.1) is 12.2 Å². The molecule has 0 bridgehead atoms. The van der Waals surface area contributed by atoms with Crippen LogP contribution in [0.5, 0.6) is 0 Å². The Morgan fingerprint density at radius 2 is 2.09 bits per heavy atom. The molecule has 0 aliphatic rings. The van der Waals surface area contributed by atoms with Crippen LogP contribution in [0.1, 0.15) is 36.2 Å². The number of rotatable bonds is 8. The van der Waals surface area contributed by atoms with E-state index >= 15 is 0 Å². The first-order valence-corrected chi connectivity index (χ1v) is 7.35. The second kappa shape index (κ2) is 8.96. The first kappa shape index (κ1) is 17.9. The average molecular weight is 302 g/mol. The van der Waals surface area contributed by atoms with E-state index in [1.54, 1.807) is 24.3 Å². The van der Waals surface area contributed by atoms with Crippen LogP contribution in [0.2, 0.25) is 0 Å². The van der Waals surface area contributed by atoms with Crippen LogP contribution >= 0.6 is 0 Å². The molecule has 1 rings (SSSR count). The van der Waals surface area contributed by atoms with Gasteiger partial charge in [0.15, 0.2) is 11.7 Å². The van der Waals surface area contributed by atoms with Gasteiger partial charge >= 0.3 is 0 Å². The summed E-state index contributed by atoms with van der Waals surface area (Å²) in [7, 11) is 0. The number of benzene rings is 1. The highest BCUT2D eigenvalue weighted by molar-refractivity contribution is 6.12. The third kappa shape index (κ3) is 5.66. The molecule has 5 nitrogen and oxygen atoms in total. The fourth-order valence-corrected chi connectivity index (χ4v) is 1.91. The number of carbonyl (C=O) groups is 2. The van der Waals surface area contributed by atoms with Gasteiger partial charge in [-0.05, 0) is 33.3 Å². The molecule has 0 aliphatic carbocycles. The van der Waals surface area contributed by atoms with Crippen molar-refractivity contribution in [2.24, 2.45) is 5.92 Å². The molecule has 1 N–H and O–H groups in total. The molecule has 1 unspecified atom stereocenters. The van der Waals surface area contributed by atoms with Crippen molar-refractivity contribution in [3.05, 3.63) is 35.4 Å². The summed E-state index contributed by atoms with van der Waals surface area (Å²) in [6.07, 6.45) is 0.784. The minimum atomic E-state index is -1.31. The number of ether oxygens (including phenoxy) is 1. The van der Waals surface area contributed by atoms with Gasteiger partial charge in [0, 0.05) is 18.7 Å². The zero-order valence-electron chi connectivity index (χ0n) is 13.3. The topological polar surface area (TPSA) is 79.2 Å². The molecule has 0 spiro atoms. The summed E-state index contributed by atoms with van der Waals surface area (Å²) < 4.78 is 5.36. The van der Waals surface area contributed by atoms with Crippen LogP contribution < -0.4 is 5.32 Å². The van der Waals surface area contributed by atoms with E-state index in [0.717, 1.165) is 5.56 Å². The van der Waals surface area contributed by atoms with Gasteiger partial charge in [-0.25, -0.2) is 0 Å². The number of amides is 1. The van der Waals surface area contributed by atoms with Gasteiger partial charge < -0.3 is 10.1 Å². The lowest BCUT2D eigenvalue weighted by Gasteiger charge is -2.11. The fraction of sp³-hybridized carbons (Fsp3) is 0.471. The van der Waals surface area contributed by atoms with Crippen LogP contribution in [0.3, 0.4) is 0 Å². The van der Waals surface area contributed by atoms with E-state index in [2.05, 4.69) is 5.32 Å². The van der Waals surface area contributed by atoms with Gasteiger partial charge in [0.2, 0.25) is 5.91 Å². The van der Waals surface area contributed by atoms with Gasteiger partial charge in [0.1, 0.15) is 0 Å². The summed E-state index contributed by atoms with van der Waals surface area (Å²) in [6.45, 7) is 6.63. The Kier molecular flexibility index (Phi) is 7.27. The molecule has 118 valence electrons. The summed E-state index contributed by atoms with van der Waals surface area (Å²) in [4.78, 5) is 24.2. The van der Waals surface area contributed by atoms with Gasteiger partial charge in [-0.3, -0.25) is 9.59 Å². The van der Waals surface area contributed by atoms with Crippen molar-refractivity contribution < 1.29 is 14.3 Å². The van der Waals surface area contributed by atoms with E-state index in [-0.39, 0.29) is 6.10 Å². The molecule has 1 aromatic rings. The number of carbonyl (C=O) groups excluding carboxylic acids is 2. The Labute approximate surface area is 131 Å². The van der Waals surface area contributed by atoms with E-state index in [1.165, 1.54) is 0 Å².